The van der Waals surface area contributed by atoms with Crippen molar-refractivity contribution in [1.82, 2.24) is 9.80 Å². The van der Waals surface area contributed by atoms with Gasteiger partial charge in [0.25, 0.3) is 5.91 Å². The van der Waals surface area contributed by atoms with Crippen LogP contribution < -0.4 is 0 Å². The quantitative estimate of drug-likeness (QED) is 0.857. The molecule has 0 radical (unpaired) electrons. The van der Waals surface area contributed by atoms with Gasteiger partial charge in [-0.15, -0.1) is 0 Å². The molecule has 26 heavy (non-hydrogen) atoms. The van der Waals surface area contributed by atoms with E-state index in [1.165, 1.54) is 12.0 Å². The molecule has 2 atom stereocenters. The zero-order valence-electron chi connectivity index (χ0n) is 14.8. The van der Waals surface area contributed by atoms with E-state index < -0.39 is 0 Å². The van der Waals surface area contributed by atoms with Crippen LogP contribution in [0.5, 0.6) is 0 Å². The maximum atomic E-state index is 12.9. The highest BCUT2D eigenvalue weighted by atomic mass is 16.2. The second-order valence-corrected chi connectivity index (χ2v) is 7.41. The molecule has 3 aliphatic heterocycles. The molecule has 1 amide bonds. The third kappa shape index (κ3) is 3.49. The molecule has 4 nitrogen and oxygen atoms in total. The van der Waals surface area contributed by atoms with Crippen molar-refractivity contribution in [3.05, 3.63) is 71.3 Å². The van der Waals surface area contributed by atoms with Crippen LogP contribution >= 0.6 is 0 Å². The summed E-state index contributed by atoms with van der Waals surface area (Å²) in [4.78, 5) is 17.4. The van der Waals surface area contributed by atoms with E-state index in [-0.39, 0.29) is 5.91 Å². The van der Waals surface area contributed by atoms with Gasteiger partial charge < -0.3 is 4.90 Å². The van der Waals surface area contributed by atoms with Crippen molar-refractivity contribution in [3.63, 3.8) is 0 Å². The number of nitrogens with zero attached hydrogens (tertiary/aromatic N) is 3. The molecule has 2 bridgehead atoms. The number of hydrogen-bond acceptors (Lipinski definition) is 3. The van der Waals surface area contributed by atoms with Gasteiger partial charge in [0.15, 0.2) is 0 Å². The van der Waals surface area contributed by atoms with E-state index in [4.69, 9.17) is 5.26 Å². The lowest BCUT2D eigenvalue weighted by molar-refractivity contribution is 0.0736. The molecule has 132 valence electrons. The zero-order valence-corrected chi connectivity index (χ0v) is 14.8. The maximum Gasteiger partial charge on any atom is 0.253 e. The molecule has 2 aromatic rings. The van der Waals surface area contributed by atoms with Gasteiger partial charge >= 0.3 is 0 Å². The van der Waals surface area contributed by atoms with Crippen LogP contribution in [0.1, 0.15) is 34.3 Å². The Balaban J connectivity index is 1.50. The van der Waals surface area contributed by atoms with Crippen LogP contribution in [0, 0.1) is 17.2 Å². The molecule has 4 heteroatoms. The standard InChI is InChI=1S/C22H23N3O/c23-12-17-5-4-6-18(11-17)13-24-14-19-9-10-21(24)16-25(15-19)22(26)20-7-2-1-3-8-20/h1-8,11,19,21H,9-10,13-16H2/t19-,21-/m1/s1. The minimum Gasteiger partial charge on any atom is -0.337 e. The van der Waals surface area contributed by atoms with E-state index in [1.807, 2.05) is 53.4 Å². The molecule has 0 N–H and O–H groups in total. The Kier molecular flexibility index (Phi) is 4.73. The van der Waals surface area contributed by atoms with Crippen molar-refractivity contribution in [2.24, 2.45) is 5.92 Å². The highest BCUT2D eigenvalue weighted by Gasteiger charge is 2.36. The van der Waals surface area contributed by atoms with Crippen molar-refractivity contribution in [2.75, 3.05) is 19.6 Å². The third-order valence-corrected chi connectivity index (χ3v) is 5.58. The van der Waals surface area contributed by atoms with Gasteiger partial charge in [-0.25, -0.2) is 0 Å². The van der Waals surface area contributed by atoms with E-state index in [1.54, 1.807) is 0 Å². The lowest BCUT2D eigenvalue weighted by atomic mass is 9.94. The fourth-order valence-corrected chi connectivity index (χ4v) is 4.28. The van der Waals surface area contributed by atoms with Gasteiger partial charge in [0, 0.05) is 37.8 Å². The summed E-state index contributed by atoms with van der Waals surface area (Å²) in [6.07, 6.45) is 2.33. The summed E-state index contributed by atoms with van der Waals surface area (Å²) in [5.74, 6) is 0.677. The van der Waals surface area contributed by atoms with Crippen LogP contribution in [0.4, 0.5) is 0 Å². The van der Waals surface area contributed by atoms with Crippen LogP contribution in [0.25, 0.3) is 0 Å². The number of carbonyl (C=O) groups excluding carboxylic acids is 1. The number of rotatable bonds is 3. The first kappa shape index (κ1) is 16.8. The number of piperidine rings is 1. The first-order valence-corrected chi connectivity index (χ1v) is 9.30. The second-order valence-electron chi connectivity index (χ2n) is 7.41. The lowest BCUT2D eigenvalue weighted by Crippen LogP contribution is -2.43. The maximum absolute atomic E-state index is 12.9. The van der Waals surface area contributed by atoms with E-state index >= 15 is 0 Å². The third-order valence-electron chi connectivity index (χ3n) is 5.58. The van der Waals surface area contributed by atoms with Crippen molar-refractivity contribution < 1.29 is 4.79 Å². The van der Waals surface area contributed by atoms with Gasteiger partial charge in [-0.3, -0.25) is 9.69 Å². The average Bonchev–Trinajstić information content (AvgIpc) is 3.00. The summed E-state index contributed by atoms with van der Waals surface area (Å²) in [5, 5.41) is 9.11. The van der Waals surface area contributed by atoms with Crippen molar-refractivity contribution in [1.29, 1.82) is 5.26 Å². The van der Waals surface area contributed by atoms with Crippen LogP contribution in [-0.2, 0) is 6.54 Å². The molecule has 0 saturated carbocycles. The van der Waals surface area contributed by atoms with E-state index in [0.29, 0.717) is 17.5 Å². The predicted octanol–water partition coefficient (Wildman–Crippen LogP) is 3.29. The molecule has 3 fully saturated rings. The van der Waals surface area contributed by atoms with Crippen LogP contribution in [0.15, 0.2) is 54.6 Å². The predicted molar refractivity (Wildman–Crippen MR) is 100 cm³/mol. The molecular formula is C22H23N3O. The van der Waals surface area contributed by atoms with Gasteiger partial charge in [-0.1, -0.05) is 30.3 Å². The number of fused-ring (bicyclic) bond motifs is 4. The molecule has 2 aromatic carbocycles. The Morgan fingerprint density at radius 2 is 1.88 bits per heavy atom. The van der Waals surface area contributed by atoms with Gasteiger partial charge in [-0.2, -0.15) is 5.26 Å². The summed E-state index contributed by atoms with van der Waals surface area (Å²) in [7, 11) is 0. The van der Waals surface area contributed by atoms with E-state index in [0.717, 1.165) is 38.2 Å². The molecule has 0 unspecified atom stereocenters. The molecule has 0 aliphatic carbocycles. The Morgan fingerprint density at radius 3 is 2.69 bits per heavy atom. The number of hydrogen-bond donors (Lipinski definition) is 0. The molecule has 5 rings (SSSR count). The minimum atomic E-state index is 0.149. The molecular weight excluding hydrogens is 322 g/mol. The second kappa shape index (κ2) is 7.31. The van der Waals surface area contributed by atoms with Gasteiger partial charge in [-0.05, 0) is 48.6 Å². The summed E-state index contributed by atoms with van der Waals surface area (Å²) in [5.41, 5.74) is 2.67. The Labute approximate surface area is 154 Å². The minimum absolute atomic E-state index is 0.149. The van der Waals surface area contributed by atoms with E-state index in [2.05, 4.69) is 17.0 Å². The average molecular weight is 345 g/mol. The Morgan fingerprint density at radius 1 is 1.04 bits per heavy atom. The zero-order chi connectivity index (χ0) is 17.9. The van der Waals surface area contributed by atoms with Gasteiger partial charge in [0.1, 0.15) is 0 Å². The summed E-state index contributed by atoms with van der Waals surface area (Å²) >= 11 is 0. The van der Waals surface area contributed by atoms with Crippen LogP contribution in [0.3, 0.4) is 0 Å². The molecule has 0 aromatic heterocycles. The fraction of sp³-hybridized carbons (Fsp3) is 0.364. The topological polar surface area (TPSA) is 47.3 Å². The SMILES string of the molecule is N#Cc1cccc(CN2C[C@H]3CC[C@@H]2CN(C(=O)c2ccccc2)C3)c1. The summed E-state index contributed by atoms with van der Waals surface area (Å²) < 4.78 is 0. The van der Waals surface area contributed by atoms with Crippen LogP contribution in [0.2, 0.25) is 0 Å². The van der Waals surface area contributed by atoms with Gasteiger partial charge in [0.05, 0.1) is 11.6 Å². The molecule has 3 saturated heterocycles. The largest absolute Gasteiger partial charge is 0.337 e. The van der Waals surface area contributed by atoms with Crippen molar-refractivity contribution in [3.8, 4) is 6.07 Å². The Hall–Kier alpha value is -2.64. The smallest absolute Gasteiger partial charge is 0.253 e. The van der Waals surface area contributed by atoms with Gasteiger partial charge in [0.2, 0.25) is 0 Å². The fourth-order valence-electron chi connectivity index (χ4n) is 4.28. The van der Waals surface area contributed by atoms with Crippen molar-refractivity contribution >= 4 is 5.91 Å². The highest BCUT2D eigenvalue weighted by Crippen LogP contribution is 2.30. The number of benzene rings is 2. The molecule has 3 aliphatic rings. The number of nitriles is 1. The molecule has 0 spiro atoms. The number of carbonyl (C=O) groups is 1. The van der Waals surface area contributed by atoms with Crippen molar-refractivity contribution in [2.45, 2.75) is 25.4 Å². The first-order valence-electron chi connectivity index (χ1n) is 9.30. The highest BCUT2D eigenvalue weighted by molar-refractivity contribution is 5.94. The first-order chi connectivity index (χ1) is 12.7. The normalized spacial score (nSPS) is 22.7. The summed E-state index contributed by atoms with van der Waals surface area (Å²) in [6, 6.07) is 20.1. The van der Waals surface area contributed by atoms with E-state index in [9.17, 15) is 4.79 Å². The van der Waals surface area contributed by atoms with Crippen LogP contribution in [-0.4, -0.2) is 41.4 Å². The molecule has 3 heterocycles. The lowest BCUT2D eigenvalue weighted by Gasteiger charge is -2.36. The monoisotopic (exact) mass is 345 g/mol. The Bertz CT molecular complexity index is 827. The number of amides is 1. The summed E-state index contributed by atoms with van der Waals surface area (Å²) in [6.45, 7) is 3.52.